The Labute approximate surface area is 160 Å². The fourth-order valence-electron chi connectivity index (χ4n) is 3.06. The van der Waals surface area contributed by atoms with Crippen molar-refractivity contribution in [3.63, 3.8) is 0 Å². The van der Waals surface area contributed by atoms with Crippen molar-refractivity contribution in [3.05, 3.63) is 60.2 Å². The van der Waals surface area contributed by atoms with E-state index in [1.165, 1.54) is 28.6 Å². The Kier molecular flexibility index (Phi) is 6.14. The van der Waals surface area contributed by atoms with Gasteiger partial charge in [-0.25, -0.2) is 16.8 Å². The van der Waals surface area contributed by atoms with Crippen LogP contribution in [0.5, 0.6) is 0 Å². The first-order valence-corrected chi connectivity index (χ1v) is 11.1. The third-order valence-corrected chi connectivity index (χ3v) is 7.37. The molecule has 6 nitrogen and oxygen atoms in total. The molecule has 0 amide bonds. The summed E-state index contributed by atoms with van der Waals surface area (Å²) in [6.07, 6.45) is 1.05. The summed E-state index contributed by atoms with van der Waals surface area (Å²) < 4.78 is 50.5. The van der Waals surface area contributed by atoms with Crippen molar-refractivity contribution in [2.24, 2.45) is 5.73 Å². The normalized spacial score (nSPS) is 21.3. The molecule has 1 aliphatic heterocycles. The number of hydrogen-bond donors (Lipinski definition) is 1. The largest absolute Gasteiger partial charge is 0.326 e. The van der Waals surface area contributed by atoms with Gasteiger partial charge in [-0.2, -0.15) is 4.31 Å². The predicted octanol–water partition coefficient (Wildman–Crippen LogP) is 1.63. The van der Waals surface area contributed by atoms with Crippen molar-refractivity contribution >= 4 is 32.3 Å². The summed E-state index contributed by atoms with van der Waals surface area (Å²) in [6, 6.07) is 14.7. The van der Waals surface area contributed by atoms with Gasteiger partial charge < -0.3 is 5.73 Å². The van der Waals surface area contributed by atoms with E-state index < -0.39 is 19.9 Å². The van der Waals surface area contributed by atoms with Crippen LogP contribution >= 0.6 is 12.4 Å². The molecule has 2 aromatic rings. The third kappa shape index (κ3) is 4.10. The molecular formula is C17H21ClN2O4S2. The highest BCUT2D eigenvalue weighted by molar-refractivity contribution is 7.91. The molecule has 2 N–H and O–H groups in total. The molecule has 1 fully saturated rings. The van der Waals surface area contributed by atoms with Crippen LogP contribution in [0, 0.1) is 0 Å². The molecule has 142 valence electrons. The van der Waals surface area contributed by atoms with Crippen molar-refractivity contribution in [2.45, 2.75) is 21.8 Å². The van der Waals surface area contributed by atoms with Crippen molar-refractivity contribution in [1.29, 1.82) is 0 Å². The lowest BCUT2D eigenvalue weighted by atomic mass is 9.95. The standard InChI is InChI=1S/C17H20N2O4S2.ClH/c1-24(20,21)14-8-5-9-15(10-14)25(22,23)19-11-16(17(18)12-19)13-6-3-2-4-7-13;/h2-10,16-17H,11-12,18H2,1H3;1H/t16-,17+;/m0./s1. The summed E-state index contributed by atoms with van der Waals surface area (Å²) in [6.45, 7) is 0.474. The first-order valence-electron chi connectivity index (χ1n) is 7.80. The van der Waals surface area contributed by atoms with Crippen LogP contribution in [-0.4, -0.2) is 46.5 Å². The van der Waals surface area contributed by atoms with E-state index >= 15 is 0 Å². The van der Waals surface area contributed by atoms with Crippen LogP contribution in [-0.2, 0) is 19.9 Å². The number of nitrogens with zero attached hydrogens (tertiary/aromatic N) is 1. The Morgan fingerprint density at radius 1 is 0.923 bits per heavy atom. The van der Waals surface area contributed by atoms with Crippen LogP contribution in [0.15, 0.2) is 64.4 Å². The average Bonchev–Trinajstić information content (AvgIpc) is 2.98. The minimum Gasteiger partial charge on any atom is -0.326 e. The fraction of sp³-hybridized carbons (Fsp3) is 0.294. The number of sulfonamides is 1. The fourth-order valence-corrected chi connectivity index (χ4v) is 5.35. The molecular weight excluding hydrogens is 396 g/mol. The molecule has 1 saturated heterocycles. The van der Waals surface area contributed by atoms with Crippen LogP contribution < -0.4 is 5.73 Å². The van der Waals surface area contributed by atoms with E-state index in [-0.39, 0.29) is 47.2 Å². The molecule has 0 saturated carbocycles. The zero-order chi connectivity index (χ0) is 18.2. The van der Waals surface area contributed by atoms with Crippen LogP contribution in [0.1, 0.15) is 11.5 Å². The Morgan fingerprint density at radius 3 is 2.15 bits per heavy atom. The van der Waals surface area contributed by atoms with Gasteiger partial charge in [0.25, 0.3) is 0 Å². The predicted molar refractivity (Wildman–Crippen MR) is 103 cm³/mol. The average molecular weight is 417 g/mol. The SMILES string of the molecule is CS(=O)(=O)c1cccc(S(=O)(=O)N2C[C@@H](N)[C@H](c3ccccc3)C2)c1.Cl. The minimum atomic E-state index is -3.81. The van der Waals surface area contributed by atoms with Gasteiger partial charge in [0, 0.05) is 31.3 Å². The lowest BCUT2D eigenvalue weighted by Crippen LogP contribution is -2.32. The summed E-state index contributed by atoms with van der Waals surface area (Å²) in [4.78, 5) is -0.0481. The van der Waals surface area contributed by atoms with Crippen molar-refractivity contribution in [3.8, 4) is 0 Å². The smallest absolute Gasteiger partial charge is 0.243 e. The summed E-state index contributed by atoms with van der Waals surface area (Å²) in [5, 5.41) is 0. The van der Waals surface area contributed by atoms with Crippen LogP contribution in [0.3, 0.4) is 0 Å². The molecule has 26 heavy (non-hydrogen) atoms. The number of halogens is 1. The molecule has 1 heterocycles. The van der Waals surface area contributed by atoms with Crippen molar-refractivity contribution in [2.75, 3.05) is 19.3 Å². The van der Waals surface area contributed by atoms with Crippen molar-refractivity contribution in [1.82, 2.24) is 4.31 Å². The Morgan fingerprint density at radius 2 is 1.54 bits per heavy atom. The first kappa shape index (κ1) is 20.9. The molecule has 0 spiro atoms. The van der Waals surface area contributed by atoms with E-state index in [1.807, 2.05) is 30.3 Å². The zero-order valence-corrected chi connectivity index (χ0v) is 16.6. The lowest BCUT2D eigenvalue weighted by Gasteiger charge is -2.17. The zero-order valence-electron chi connectivity index (χ0n) is 14.1. The number of benzene rings is 2. The highest BCUT2D eigenvalue weighted by Crippen LogP contribution is 2.31. The number of hydrogen-bond acceptors (Lipinski definition) is 5. The topological polar surface area (TPSA) is 97.5 Å². The van der Waals surface area contributed by atoms with E-state index in [1.54, 1.807) is 0 Å². The Balaban J connectivity index is 0.00000243. The Bertz CT molecular complexity index is 979. The number of sulfone groups is 1. The van der Waals surface area contributed by atoms with E-state index in [2.05, 4.69) is 0 Å². The maximum absolute atomic E-state index is 12.9. The molecule has 0 aliphatic carbocycles. The van der Waals surface area contributed by atoms with Crippen LogP contribution in [0.4, 0.5) is 0 Å². The maximum atomic E-state index is 12.9. The number of rotatable bonds is 4. The van der Waals surface area contributed by atoms with Gasteiger partial charge in [-0.15, -0.1) is 12.4 Å². The van der Waals surface area contributed by atoms with E-state index in [4.69, 9.17) is 5.73 Å². The first-order chi connectivity index (χ1) is 11.7. The van der Waals surface area contributed by atoms with E-state index in [9.17, 15) is 16.8 Å². The highest BCUT2D eigenvalue weighted by atomic mass is 35.5. The quantitative estimate of drug-likeness (QED) is 0.816. The number of nitrogens with two attached hydrogens (primary N) is 1. The van der Waals surface area contributed by atoms with Crippen LogP contribution in [0.2, 0.25) is 0 Å². The van der Waals surface area contributed by atoms with Gasteiger partial charge >= 0.3 is 0 Å². The molecule has 0 bridgehead atoms. The molecule has 0 unspecified atom stereocenters. The second kappa shape index (κ2) is 7.66. The van der Waals surface area contributed by atoms with Gasteiger partial charge in [-0.1, -0.05) is 36.4 Å². The molecule has 1 aliphatic rings. The molecule has 2 aromatic carbocycles. The summed E-state index contributed by atoms with van der Waals surface area (Å²) in [5.74, 6) is -0.0888. The van der Waals surface area contributed by atoms with Gasteiger partial charge in [0.2, 0.25) is 10.0 Å². The molecule has 9 heteroatoms. The summed E-state index contributed by atoms with van der Waals surface area (Å²) in [5.41, 5.74) is 7.17. The van der Waals surface area contributed by atoms with Gasteiger partial charge in [0.1, 0.15) is 0 Å². The summed E-state index contributed by atoms with van der Waals surface area (Å²) >= 11 is 0. The molecule has 2 atom stereocenters. The van der Waals surface area contributed by atoms with E-state index in [0.717, 1.165) is 11.8 Å². The maximum Gasteiger partial charge on any atom is 0.243 e. The second-order valence-corrected chi connectivity index (χ2v) is 10.2. The van der Waals surface area contributed by atoms with Crippen LogP contribution in [0.25, 0.3) is 0 Å². The van der Waals surface area contributed by atoms with Crippen molar-refractivity contribution < 1.29 is 16.8 Å². The monoisotopic (exact) mass is 416 g/mol. The van der Waals surface area contributed by atoms with E-state index in [0.29, 0.717) is 0 Å². The molecule has 3 rings (SSSR count). The molecule has 0 radical (unpaired) electrons. The Hall–Kier alpha value is -1.45. The van der Waals surface area contributed by atoms with Gasteiger partial charge in [-0.3, -0.25) is 0 Å². The second-order valence-electron chi connectivity index (χ2n) is 6.25. The highest BCUT2D eigenvalue weighted by Gasteiger charge is 2.38. The third-order valence-electron chi connectivity index (χ3n) is 4.43. The lowest BCUT2D eigenvalue weighted by molar-refractivity contribution is 0.470. The minimum absolute atomic E-state index is 0. The molecule has 0 aromatic heterocycles. The van der Waals surface area contributed by atoms with Gasteiger partial charge in [0.05, 0.1) is 9.79 Å². The van der Waals surface area contributed by atoms with Gasteiger partial charge in [0.15, 0.2) is 9.84 Å². The summed E-state index contributed by atoms with van der Waals surface area (Å²) in [7, 11) is -7.29. The van der Waals surface area contributed by atoms with Gasteiger partial charge in [-0.05, 0) is 23.8 Å².